The molecule has 0 aliphatic heterocycles. The second kappa shape index (κ2) is 9.67. The lowest BCUT2D eigenvalue weighted by atomic mass is 9.91. The zero-order valence-electron chi connectivity index (χ0n) is 17.6. The van der Waals surface area contributed by atoms with Gasteiger partial charge in [0.15, 0.2) is 0 Å². The quantitative estimate of drug-likeness (QED) is 0.340. The van der Waals surface area contributed by atoms with Gasteiger partial charge in [0.25, 0.3) is 5.84 Å². The Hall–Kier alpha value is -0.700. The van der Waals surface area contributed by atoms with Crippen molar-refractivity contribution in [3.8, 4) is 0 Å². The summed E-state index contributed by atoms with van der Waals surface area (Å²) in [7, 11) is -4.94. The zero-order chi connectivity index (χ0) is 21.8. The molecule has 0 fully saturated rings. The predicted molar refractivity (Wildman–Crippen MR) is 102 cm³/mol. The number of benzene rings is 1. The standard InChI is InChI=1S/C19H31BrN2.ClHO4/c1-12-10-13(2)15(14(3)11-12)21-17(22-19(7,8)9)16(20)18(4,5)6;2-1(3,4)5/h10-11,16H,1-9H3,(H,21,22);(H,2,3,4,5). The van der Waals surface area contributed by atoms with Crippen LogP contribution in [0.2, 0.25) is 0 Å². The first-order valence-corrected chi connectivity index (χ1v) is 10.7. The highest BCUT2D eigenvalue weighted by molar-refractivity contribution is 9.10. The van der Waals surface area contributed by atoms with Crippen molar-refractivity contribution in [2.75, 3.05) is 5.32 Å². The summed E-state index contributed by atoms with van der Waals surface area (Å²) in [6, 6.07) is 4.45. The Morgan fingerprint density at radius 3 is 1.63 bits per heavy atom. The van der Waals surface area contributed by atoms with Gasteiger partial charge in [0.1, 0.15) is 10.5 Å². The largest absolute Gasteiger partial charge is 0.273 e. The number of hydrogen-bond acceptors (Lipinski definition) is 4. The first kappa shape index (κ1) is 26.3. The van der Waals surface area contributed by atoms with Crippen LogP contribution in [-0.4, -0.2) is 16.2 Å². The van der Waals surface area contributed by atoms with E-state index in [1.807, 2.05) is 0 Å². The minimum Gasteiger partial charge on any atom is -0.273 e. The first-order chi connectivity index (χ1) is 11.8. The van der Waals surface area contributed by atoms with Gasteiger partial charge >= 0.3 is 0 Å². The topological polar surface area (TPSA) is 118 Å². The van der Waals surface area contributed by atoms with Gasteiger partial charge in [-0.25, -0.2) is 24.0 Å². The summed E-state index contributed by atoms with van der Waals surface area (Å²) >= 11 is 3.88. The SMILES string of the molecule is Cc1cc(C)c(NC(=[NH+]C(C)(C)C)C(Br)C(C)(C)C)c(C)c1.[O-][Cl+3]([O-])([O-])[O-]. The molecule has 0 bridgehead atoms. The Labute approximate surface area is 173 Å². The number of amidine groups is 1. The smallest absolute Gasteiger partial charge is 0.262 e. The van der Waals surface area contributed by atoms with Crippen LogP contribution in [-0.2, 0) is 0 Å². The summed E-state index contributed by atoms with van der Waals surface area (Å²) < 4.78 is 34.0. The van der Waals surface area contributed by atoms with Crippen LogP contribution in [0.1, 0.15) is 58.2 Å². The molecule has 1 aromatic rings. The average Bonchev–Trinajstić information content (AvgIpc) is 2.36. The van der Waals surface area contributed by atoms with Crippen LogP contribution in [0.5, 0.6) is 0 Å². The Morgan fingerprint density at radius 2 is 1.33 bits per heavy atom. The number of nitrogens with one attached hydrogen (secondary N) is 2. The van der Waals surface area contributed by atoms with Crippen molar-refractivity contribution in [1.29, 1.82) is 0 Å². The Bertz CT molecular complexity index is 630. The van der Waals surface area contributed by atoms with Crippen molar-refractivity contribution in [1.82, 2.24) is 0 Å². The molecule has 0 saturated carbocycles. The van der Waals surface area contributed by atoms with Crippen LogP contribution in [0.4, 0.5) is 5.69 Å². The highest BCUT2D eigenvalue weighted by atomic mass is 79.9. The van der Waals surface area contributed by atoms with E-state index >= 15 is 0 Å². The summed E-state index contributed by atoms with van der Waals surface area (Å²) in [6.45, 7) is 19.8. The summed E-state index contributed by atoms with van der Waals surface area (Å²) in [4.78, 5) is 3.86. The number of aryl methyl sites for hydroxylation is 3. The minimum absolute atomic E-state index is 0.00606. The van der Waals surface area contributed by atoms with Crippen LogP contribution in [0.25, 0.3) is 0 Å². The van der Waals surface area contributed by atoms with E-state index in [1.54, 1.807) is 0 Å². The van der Waals surface area contributed by atoms with Crippen molar-refractivity contribution in [2.24, 2.45) is 5.41 Å². The highest BCUT2D eigenvalue weighted by Crippen LogP contribution is 2.28. The molecule has 0 radical (unpaired) electrons. The third kappa shape index (κ3) is 11.7. The van der Waals surface area contributed by atoms with E-state index < -0.39 is 10.2 Å². The molecule has 27 heavy (non-hydrogen) atoms. The van der Waals surface area contributed by atoms with Crippen LogP contribution in [0.15, 0.2) is 12.1 Å². The number of halogens is 2. The molecule has 6 nitrogen and oxygen atoms in total. The lowest BCUT2D eigenvalue weighted by Gasteiger charge is -2.26. The van der Waals surface area contributed by atoms with E-state index in [4.69, 9.17) is 18.6 Å². The van der Waals surface area contributed by atoms with Crippen LogP contribution in [0.3, 0.4) is 0 Å². The number of rotatable bonds is 2. The summed E-state index contributed by atoms with van der Waals surface area (Å²) in [6.07, 6.45) is 0. The molecule has 0 saturated heterocycles. The van der Waals surface area contributed by atoms with E-state index in [-0.39, 0.29) is 15.8 Å². The van der Waals surface area contributed by atoms with Gasteiger partial charge in [-0.1, -0.05) is 54.4 Å². The molecule has 1 aromatic carbocycles. The molecule has 0 spiro atoms. The van der Waals surface area contributed by atoms with Gasteiger partial charge < -0.3 is 0 Å². The maximum atomic E-state index is 8.49. The Balaban J connectivity index is 0.00000119. The second-order valence-corrected chi connectivity index (χ2v) is 10.5. The molecule has 0 heterocycles. The minimum atomic E-state index is -4.94. The van der Waals surface area contributed by atoms with Gasteiger partial charge in [-0.15, -0.1) is 10.2 Å². The Kier molecular flexibility index (Phi) is 9.42. The van der Waals surface area contributed by atoms with Gasteiger partial charge in [-0.3, -0.25) is 4.99 Å². The maximum Gasteiger partial charge on any atom is 0.262 e. The number of alkyl halides is 1. The molecule has 0 aliphatic carbocycles. The molecular weight excluding hydrogens is 436 g/mol. The monoisotopic (exact) mass is 466 g/mol. The summed E-state index contributed by atoms with van der Waals surface area (Å²) in [5.41, 5.74) is 5.18. The summed E-state index contributed by atoms with van der Waals surface area (Å²) in [5.74, 6) is 1.12. The molecular formula is C19H32BrClN2O4. The third-order valence-corrected chi connectivity index (χ3v) is 5.29. The molecule has 0 amide bonds. The first-order valence-electron chi connectivity index (χ1n) is 8.57. The van der Waals surface area contributed by atoms with E-state index in [0.717, 1.165) is 5.84 Å². The van der Waals surface area contributed by atoms with E-state index in [9.17, 15) is 0 Å². The average molecular weight is 468 g/mol. The van der Waals surface area contributed by atoms with Crippen molar-refractivity contribution < 1.29 is 33.9 Å². The third-order valence-electron chi connectivity index (χ3n) is 3.46. The molecule has 1 unspecified atom stereocenters. The van der Waals surface area contributed by atoms with E-state index in [1.165, 1.54) is 22.4 Å². The fourth-order valence-electron chi connectivity index (χ4n) is 2.51. The normalized spacial score (nSPS) is 14.4. The van der Waals surface area contributed by atoms with Crippen molar-refractivity contribution in [3.05, 3.63) is 28.8 Å². The van der Waals surface area contributed by atoms with E-state index in [2.05, 4.69) is 101 Å². The maximum absolute atomic E-state index is 8.49. The predicted octanol–water partition coefficient (Wildman–Crippen LogP) is -0.645. The van der Waals surface area contributed by atoms with Crippen molar-refractivity contribution in [2.45, 2.75) is 72.7 Å². The van der Waals surface area contributed by atoms with Gasteiger partial charge in [0.05, 0.1) is 5.54 Å². The fourth-order valence-corrected chi connectivity index (χ4v) is 2.74. The molecule has 2 N–H and O–H groups in total. The van der Waals surface area contributed by atoms with Gasteiger partial charge in [-0.05, 0) is 58.1 Å². The van der Waals surface area contributed by atoms with Gasteiger partial charge in [-0.2, -0.15) is 0 Å². The molecule has 0 aromatic heterocycles. The van der Waals surface area contributed by atoms with Crippen molar-refractivity contribution in [3.63, 3.8) is 0 Å². The lowest BCUT2D eigenvalue weighted by molar-refractivity contribution is -2.00. The van der Waals surface area contributed by atoms with E-state index in [0.29, 0.717) is 0 Å². The molecule has 8 heteroatoms. The Morgan fingerprint density at radius 1 is 0.963 bits per heavy atom. The van der Waals surface area contributed by atoms with Gasteiger partial charge in [0.2, 0.25) is 0 Å². The van der Waals surface area contributed by atoms with Crippen LogP contribution >= 0.6 is 15.9 Å². The lowest BCUT2D eigenvalue weighted by Crippen LogP contribution is -2.87. The molecule has 0 aliphatic rings. The van der Waals surface area contributed by atoms with Crippen molar-refractivity contribution >= 4 is 27.5 Å². The molecule has 156 valence electrons. The number of hydrogen-bond donors (Lipinski definition) is 2. The van der Waals surface area contributed by atoms with Crippen LogP contribution in [0, 0.1) is 36.4 Å². The zero-order valence-corrected chi connectivity index (χ0v) is 20.0. The second-order valence-electron chi connectivity index (χ2n) is 8.79. The number of anilines is 1. The fraction of sp³-hybridized carbons (Fsp3) is 0.632. The molecule has 1 rings (SSSR count). The van der Waals surface area contributed by atoms with Crippen LogP contribution < -0.4 is 28.9 Å². The van der Waals surface area contributed by atoms with Gasteiger partial charge in [0, 0.05) is 0 Å². The highest BCUT2D eigenvalue weighted by Gasteiger charge is 2.33. The summed E-state index contributed by atoms with van der Waals surface area (Å²) in [5, 5.41) is 3.66. The molecule has 1 atom stereocenters.